The highest BCUT2D eigenvalue weighted by Crippen LogP contribution is 2.24. The number of ether oxygens (including phenoxy) is 1. The van der Waals surface area contributed by atoms with E-state index in [0.29, 0.717) is 30.4 Å². The number of nitrogens with zero attached hydrogens (tertiary/aromatic N) is 4. The van der Waals surface area contributed by atoms with Crippen LogP contribution in [0.4, 0.5) is 0 Å². The molecule has 1 amide bonds. The largest absolute Gasteiger partial charge is 0.367 e. The molecule has 0 bridgehead atoms. The van der Waals surface area contributed by atoms with E-state index in [9.17, 15) is 4.79 Å². The zero-order chi connectivity index (χ0) is 15.7. The van der Waals surface area contributed by atoms with E-state index in [1.54, 1.807) is 11.1 Å². The van der Waals surface area contributed by atoms with Crippen molar-refractivity contribution in [3.8, 4) is 0 Å². The number of aromatic nitrogens is 3. The molecule has 1 atom stereocenters. The van der Waals surface area contributed by atoms with Crippen molar-refractivity contribution in [1.29, 1.82) is 0 Å². The minimum Gasteiger partial charge on any atom is -0.367 e. The number of rotatable bonds is 2. The lowest BCUT2D eigenvalue weighted by Gasteiger charge is -2.32. The van der Waals surface area contributed by atoms with Gasteiger partial charge in [-0.05, 0) is 26.8 Å². The Morgan fingerprint density at radius 2 is 2.18 bits per heavy atom. The van der Waals surface area contributed by atoms with E-state index in [1.807, 2.05) is 26.8 Å². The second-order valence-corrected chi connectivity index (χ2v) is 6.52. The molecule has 0 saturated carbocycles. The number of aryl methyl sites for hydroxylation is 3. The van der Waals surface area contributed by atoms with Crippen LogP contribution in [0.3, 0.4) is 0 Å². The van der Waals surface area contributed by atoms with E-state index in [4.69, 9.17) is 4.74 Å². The summed E-state index contributed by atoms with van der Waals surface area (Å²) >= 11 is 1.44. The first-order valence-electron chi connectivity index (χ1n) is 7.19. The molecule has 3 rings (SSSR count). The van der Waals surface area contributed by atoms with Crippen LogP contribution in [0.1, 0.15) is 38.0 Å². The van der Waals surface area contributed by atoms with Crippen molar-refractivity contribution in [2.75, 3.05) is 19.7 Å². The lowest BCUT2D eigenvalue weighted by Crippen LogP contribution is -2.42. The molecular weight excluding hydrogens is 300 g/mol. The molecule has 1 unspecified atom stereocenters. The number of carbonyl (C=O) groups excluding carboxylic acids is 1. The molecule has 7 heteroatoms. The highest BCUT2D eigenvalue weighted by Gasteiger charge is 2.29. The molecule has 0 aromatic carbocycles. The van der Waals surface area contributed by atoms with Crippen molar-refractivity contribution >= 4 is 17.2 Å². The first kappa shape index (κ1) is 15.1. The second kappa shape index (κ2) is 6.10. The van der Waals surface area contributed by atoms with Gasteiger partial charge in [-0.25, -0.2) is 15.0 Å². The Balaban J connectivity index is 1.78. The van der Waals surface area contributed by atoms with E-state index in [2.05, 4.69) is 15.0 Å². The van der Waals surface area contributed by atoms with Crippen LogP contribution >= 0.6 is 11.3 Å². The smallest absolute Gasteiger partial charge is 0.266 e. The zero-order valence-electron chi connectivity index (χ0n) is 12.9. The second-order valence-electron chi connectivity index (χ2n) is 5.31. The van der Waals surface area contributed by atoms with E-state index in [1.165, 1.54) is 11.3 Å². The molecule has 0 N–H and O–H groups in total. The summed E-state index contributed by atoms with van der Waals surface area (Å²) in [6.45, 7) is 7.25. The van der Waals surface area contributed by atoms with Gasteiger partial charge in [-0.2, -0.15) is 0 Å². The molecule has 3 heterocycles. The number of morpholine rings is 1. The first-order valence-corrected chi connectivity index (χ1v) is 8.00. The fourth-order valence-corrected chi connectivity index (χ4v) is 3.37. The van der Waals surface area contributed by atoms with Crippen LogP contribution in [0.5, 0.6) is 0 Å². The van der Waals surface area contributed by atoms with Crippen LogP contribution < -0.4 is 0 Å². The molecule has 0 spiro atoms. The van der Waals surface area contributed by atoms with Crippen LogP contribution in [-0.4, -0.2) is 45.5 Å². The van der Waals surface area contributed by atoms with Crippen LogP contribution in [0.15, 0.2) is 12.3 Å². The molecule has 2 aromatic heterocycles. The Kier molecular flexibility index (Phi) is 4.17. The van der Waals surface area contributed by atoms with E-state index in [0.717, 1.165) is 16.4 Å². The van der Waals surface area contributed by atoms with E-state index in [-0.39, 0.29) is 12.0 Å². The van der Waals surface area contributed by atoms with Crippen molar-refractivity contribution in [3.63, 3.8) is 0 Å². The SMILES string of the molecule is Cc1ccnc(C2CN(C(=O)c3sc(C)nc3C)CCO2)n1. The Morgan fingerprint density at radius 3 is 2.86 bits per heavy atom. The Bertz CT molecular complexity index is 701. The average molecular weight is 318 g/mol. The summed E-state index contributed by atoms with van der Waals surface area (Å²) in [6.07, 6.45) is 1.45. The molecule has 1 aliphatic rings. The van der Waals surface area contributed by atoms with Crippen molar-refractivity contribution < 1.29 is 9.53 Å². The van der Waals surface area contributed by atoms with Gasteiger partial charge in [-0.15, -0.1) is 11.3 Å². The molecule has 1 saturated heterocycles. The molecular formula is C15H18N4O2S. The quantitative estimate of drug-likeness (QED) is 0.848. The predicted octanol–water partition coefficient (Wildman–Crippen LogP) is 2.07. The van der Waals surface area contributed by atoms with Crippen LogP contribution in [-0.2, 0) is 4.74 Å². The Morgan fingerprint density at radius 1 is 1.36 bits per heavy atom. The fourth-order valence-electron chi connectivity index (χ4n) is 2.49. The van der Waals surface area contributed by atoms with Gasteiger partial charge in [-0.3, -0.25) is 4.79 Å². The Hall–Kier alpha value is -1.86. The lowest BCUT2D eigenvalue weighted by atomic mass is 10.2. The molecule has 6 nitrogen and oxygen atoms in total. The molecule has 2 aromatic rings. The summed E-state index contributed by atoms with van der Waals surface area (Å²) in [5, 5.41) is 0.910. The molecule has 116 valence electrons. The van der Waals surface area contributed by atoms with Crippen molar-refractivity contribution in [2.24, 2.45) is 0 Å². The number of hydrogen-bond donors (Lipinski definition) is 0. The average Bonchev–Trinajstić information content (AvgIpc) is 2.85. The van der Waals surface area contributed by atoms with E-state index >= 15 is 0 Å². The van der Waals surface area contributed by atoms with Crippen molar-refractivity contribution in [3.05, 3.63) is 39.4 Å². The molecule has 22 heavy (non-hydrogen) atoms. The van der Waals surface area contributed by atoms with E-state index < -0.39 is 0 Å². The standard InChI is InChI=1S/C15H18N4O2S/c1-9-4-5-16-14(17-9)12-8-19(6-7-21-12)15(20)13-10(2)18-11(3)22-13/h4-5,12H,6-8H2,1-3H3. The Labute approximate surface area is 133 Å². The number of thiazole rings is 1. The normalized spacial score (nSPS) is 18.5. The zero-order valence-corrected chi connectivity index (χ0v) is 13.7. The summed E-state index contributed by atoms with van der Waals surface area (Å²) in [7, 11) is 0. The summed E-state index contributed by atoms with van der Waals surface area (Å²) < 4.78 is 5.74. The highest BCUT2D eigenvalue weighted by molar-refractivity contribution is 7.13. The first-order chi connectivity index (χ1) is 10.5. The van der Waals surface area contributed by atoms with Gasteiger partial charge in [0, 0.05) is 18.4 Å². The summed E-state index contributed by atoms with van der Waals surface area (Å²) in [6, 6.07) is 1.85. The predicted molar refractivity (Wildman–Crippen MR) is 83.0 cm³/mol. The minimum absolute atomic E-state index is 0.0176. The fraction of sp³-hybridized carbons (Fsp3) is 0.467. The monoisotopic (exact) mass is 318 g/mol. The third-order valence-corrected chi connectivity index (χ3v) is 4.61. The third-order valence-electron chi connectivity index (χ3n) is 3.55. The summed E-state index contributed by atoms with van der Waals surface area (Å²) in [5.41, 5.74) is 1.69. The number of amides is 1. The summed E-state index contributed by atoms with van der Waals surface area (Å²) in [5.74, 6) is 0.652. The van der Waals surface area contributed by atoms with Gasteiger partial charge in [0.2, 0.25) is 0 Å². The van der Waals surface area contributed by atoms with Gasteiger partial charge in [-0.1, -0.05) is 0 Å². The van der Waals surface area contributed by atoms with Crippen molar-refractivity contribution in [2.45, 2.75) is 26.9 Å². The van der Waals surface area contributed by atoms with Gasteiger partial charge in [0.1, 0.15) is 11.0 Å². The van der Waals surface area contributed by atoms with Crippen LogP contribution in [0.25, 0.3) is 0 Å². The molecule has 0 radical (unpaired) electrons. The van der Waals surface area contributed by atoms with Gasteiger partial charge >= 0.3 is 0 Å². The molecule has 1 aliphatic heterocycles. The van der Waals surface area contributed by atoms with Crippen LogP contribution in [0.2, 0.25) is 0 Å². The van der Waals surface area contributed by atoms with Gasteiger partial charge < -0.3 is 9.64 Å². The summed E-state index contributed by atoms with van der Waals surface area (Å²) in [4.78, 5) is 28.2. The molecule has 1 fully saturated rings. The van der Waals surface area contributed by atoms with Gasteiger partial charge in [0.15, 0.2) is 5.82 Å². The lowest BCUT2D eigenvalue weighted by molar-refractivity contribution is -0.0267. The maximum atomic E-state index is 12.7. The van der Waals surface area contributed by atoms with Crippen molar-refractivity contribution in [1.82, 2.24) is 19.9 Å². The van der Waals surface area contributed by atoms with Crippen LogP contribution in [0, 0.1) is 20.8 Å². The molecule has 0 aliphatic carbocycles. The van der Waals surface area contributed by atoms with Gasteiger partial charge in [0.05, 0.1) is 23.9 Å². The minimum atomic E-state index is -0.271. The topological polar surface area (TPSA) is 68.2 Å². The number of hydrogen-bond acceptors (Lipinski definition) is 6. The maximum absolute atomic E-state index is 12.7. The third kappa shape index (κ3) is 3.00. The highest BCUT2D eigenvalue weighted by atomic mass is 32.1. The maximum Gasteiger partial charge on any atom is 0.266 e. The van der Waals surface area contributed by atoms with Gasteiger partial charge in [0.25, 0.3) is 5.91 Å². The number of carbonyl (C=O) groups is 1.